The Kier molecular flexibility index (Phi) is 6.40. The second-order valence-electron chi connectivity index (χ2n) is 7.23. The first kappa shape index (κ1) is 21.8. The third-order valence-electron chi connectivity index (χ3n) is 5.22. The van der Waals surface area contributed by atoms with E-state index in [4.69, 9.17) is 9.84 Å². The van der Waals surface area contributed by atoms with Gasteiger partial charge in [0.05, 0.1) is 11.3 Å². The molecule has 8 heteroatoms. The predicted molar refractivity (Wildman–Crippen MR) is 128 cm³/mol. The van der Waals surface area contributed by atoms with E-state index in [9.17, 15) is 14.4 Å². The Morgan fingerprint density at radius 1 is 0.938 bits per heavy atom. The van der Waals surface area contributed by atoms with Crippen molar-refractivity contribution in [3.63, 3.8) is 0 Å². The van der Waals surface area contributed by atoms with Gasteiger partial charge in [0.15, 0.2) is 0 Å². The van der Waals surface area contributed by atoms with E-state index in [2.05, 4.69) is 22.8 Å². The Hall–Kier alpha value is -3.40. The van der Waals surface area contributed by atoms with Gasteiger partial charge in [-0.05, 0) is 63.0 Å². The lowest BCUT2D eigenvalue weighted by atomic mass is 9.98. The van der Waals surface area contributed by atoms with Gasteiger partial charge in [0, 0.05) is 9.49 Å². The molecular weight excluding hydrogens is 523 g/mol. The summed E-state index contributed by atoms with van der Waals surface area (Å²) in [4.78, 5) is 35.5. The van der Waals surface area contributed by atoms with E-state index in [1.807, 2.05) is 59.0 Å². The van der Waals surface area contributed by atoms with Crippen LogP contribution in [0.5, 0.6) is 0 Å². The van der Waals surface area contributed by atoms with Crippen LogP contribution in [0.2, 0.25) is 0 Å². The molecule has 0 fully saturated rings. The van der Waals surface area contributed by atoms with Gasteiger partial charge in [-0.1, -0.05) is 48.5 Å². The molecule has 7 nitrogen and oxygen atoms in total. The van der Waals surface area contributed by atoms with Gasteiger partial charge >= 0.3 is 12.1 Å². The Balaban J connectivity index is 1.33. The molecule has 0 saturated heterocycles. The summed E-state index contributed by atoms with van der Waals surface area (Å²) in [6.45, 7) is -0.149. The molecule has 0 atom stereocenters. The van der Waals surface area contributed by atoms with E-state index < -0.39 is 18.0 Å². The molecule has 4 rings (SSSR count). The quantitative estimate of drug-likeness (QED) is 0.399. The minimum Gasteiger partial charge on any atom is -0.478 e. The molecule has 0 heterocycles. The van der Waals surface area contributed by atoms with Crippen LogP contribution in [0, 0.1) is 3.57 Å². The first-order valence-corrected chi connectivity index (χ1v) is 10.9. The molecule has 162 valence electrons. The van der Waals surface area contributed by atoms with E-state index >= 15 is 0 Å². The van der Waals surface area contributed by atoms with E-state index in [1.54, 1.807) is 6.07 Å². The highest BCUT2D eigenvalue weighted by atomic mass is 127. The maximum Gasteiger partial charge on any atom is 0.407 e. The number of anilines is 1. The number of alkyl carbamates (subject to hydrolysis) is 1. The molecule has 0 spiro atoms. The van der Waals surface area contributed by atoms with Crippen LogP contribution in [0.3, 0.4) is 0 Å². The summed E-state index contributed by atoms with van der Waals surface area (Å²) >= 11 is 1.99. The maximum atomic E-state index is 12.2. The van der Waals surface area contributed by atoms with E-state index in [-0.39, 0.29) is 24.6 Å². The second kappa shape index (κ2) is 9.39. The maximum absolute atomic E-state index is 12.2. The third kappa shape index (κ3) is 4.59. The molecule has 0 unspecified atom stereocenters. The van der Waals surface area contributed by atoms with Crippen LogP contribution in [-0.2, 0) is 9.53 Å². The van der Waals surface area contributed by atoms with E-state index in [0.717, 1.165) is 22.3 Å². The lowest BCUT2D eigenvalue weighted by Crippen LogP contribution is -2.34. The average Bonchev–Trinajstić information content (AvgIpc) is 3.11. The lowest BCUT2D eigenvalue weighted by Gasteiger charge is -2.14. The molecule has 3 aromatic carbocycles. The topological polar surface area (TPSA) is 105 Å². The van der Waals surface area contributed by atoms with Crippen LogP contribution in [0.25, 0.3) is 11.1 Å². The van der Waals surface area contributed by atoms with Crippen LogP contribution in [0.15, 0.2) is 66.7 Å². The number of ether oxygens (including phenoxy) is 1. The molecule has 0 saturated carbocycles. The van der Waals surface area contributed by atoms with Gasteiger partial charge < -0.3 is 20.5 Å². The Morgan fingerprint density at radius 2 is 1.56 bits per heavy atom. The fourth-order valence-electron chi connectivity index (χ4n) is 3.75. The number of carbonyl (C=O) groups excluding carboxylic acids is 2. The summed E-state index contributed by atoms with van der Waals surface area (Å²) in [5, 5.41) is 14.1. The number of hydrogen-bond acceptors (Lipinski definition) is 4. The number of carbonyl (C=O) groups is 3. The minimum atomic E-state index is -1.09. The van der Waals surface area contributed by atoms with Crippen molar-refractivity contribution in [3.8, 4) is 11.1 Å². The highest BCUT2D eigenvalue weighted by Gasteiger charge is 2.29. The van der Waals surface area contributed by atoms with Crippen molar-refractivity contribution in [3.05, 3.63) is 87.0 Å². The van der Waals surface area contributed by atoms with Crippen molar-refractivity contribution < 1.29 is 24.2 Å². The van der Waals surface area contributed by atoms with Crippen molar-refractivity contribution in [2.75, 3.05) is 18.5 Å². The number of halogens is 1. The summed E-state index contributed by atoms with van der Waals surface area (Å²) in [5.74, 6) is -1.64. The number of nitrogens with one attached hydrogen (secondary N) is 2. The van der Waals surface area contributed by atoms with Crippen LogP contribution < -0.4 is 10.6 Å². The normalized spacial score (nSPS) is 11.9. The van der Waals surface area contributed by atoms with Crippen molar-refractivity contribution in [2.24, 2.45) is 0 Å². The summed E-state index contributed by atoms with van der Waals surface area (Å²) in [5.41, 5.74) is 4.90. The van der Waals surface area contributed by atoms with Crippen molar-refractivity contribution >= 4 is 46.2 Å². The molecule has 1 aliphatic rings. The Bertz CT molecular complexity index is 1160. The number of carboxylic acid groups (broad SMARTS) is 1. The second-order valence-corrected chi connectivity index (χ2v) is 8.39. The van der Waals surface area contributed by atoms with Crippen LogP contribution >= 0.6 is 22.6 Å². The number of rotatable bonds is 6. The van der Waals surface area contributed by atoms with E-state index in [1.165, 1.54) is 12.1 Å². The fourth-order valence-corrected chi connectivity index (χ4v) is 4.22. The van der Waals surface area contributed by atoms with E-state index in [0.29, 0.717) is 9.26 Å². The zero-order valence-corrected chi connectivity index (χ0v) is 19.0. The van der Waals surface area contributed by atoms with Gasteiger partial charge in [-0.3, -0.25) is 4.79 Å². The highest BCUT2D eigenvalue weighted by Crippen LogP contribution is 2.44. The van der Waals surface area contributed by atoms with Crippen LogP contribution in [0.1, 0.15) is 27.4 Å². The van der Waals surface area contributed by atoms with Crippen molar-refractivity contribution in [2.45, 2.75) is 5.92 Å². The largest absolute Gasteiger partial charge is 0.478 e. The summed E-state index contributed by atoms with van der Waals surface area (Å²) in [6.07, 6.45) is -0.698. The predicted octanol–water partition coefficient (Wildman–Crippen LogP) is 4.47. The van der Waals surface area contributed by atoms with Gasteiger partial charge in [0.1, 0.15) is 13.2 Å². The number of amides is 2. The summed E-state index contributed by atoms with van der Waals surface area (Å²) in [7, 11) is 0. The molecule has 32 heavy (non-hydrogen) atoms. The molecule has 0 bridgehead atoms. The van der Waals surface area contributed by atoms with Gasteiger partial charge in [-0.25, -0.2) is 9.59 Å². The highest BCUT2D eigenvalue weighted by molar-refractivity contribution is 14.1. The molecule has 0 radical (unpaired) electrons. The van der Waals surface area contributed by atoms with Crippen LogP contribution in [0.4, 0.5) is 10.5 Å². The van der Waals surface area contributed by atoms with Gasteiger partial charge in [0.2, 0.25) is 5.91 Å². The standard InChI is InChI=1S/C24H19IN2O5/c25-20-10-9-14(23(29)30)11-21(20)27-22(28)12-26-24(31)32-13-19-17-7-3-1-5-15(17)16-6-2-4-8-18(16)19/h1-11,19H,12-13H2,(H,26,31)(H,27,28)(H,29,30). The van der Waals surface area contributed by atoms with Gasteiger partial charge in [0.25, 0.3) is 0 Å². The molecule has 0 aromatic heterocycles. The molecule has 2 amide bonds. The monoisotopic (exact) mass is 542 g/mol. The minimum absolute atomic E-state index is 0.0604. The SMILES string of the molecule is O=C(CNC(=O)OCC1c2ccccc2-c2ccccc21)Nc1cc(C(=O)O)ccc1I. The Morgan fingerprint density at radius 3 is 2.19 bits per heavy atom. The zero-order chi connectivity index (χ0) is 22.7. The molecule has 3 aromatic rings. The summed E-state index contributed by atoms with van der Waals surface area (Å²) < 4.78 is 6.09. The number of benzene rings is 3. The van der Waals surface area contributed by atoms with Gasteiger partial charge in [-0.15, -0.1) is 0 Å². The number of aromatic carboxylic acids is 1. The Labute approximate surface area is 197 Å². The molecule has 0 aliphatic heterocycles. The van der Waals surface area contributed by atoms with Crippen molar-refractivity contribution in [1.29, 1.82) is 0 Å². The average molecular weight is 542 g/mol. The third-order valence-corrected chi connectivity index (χ3v) is 6.17. The fraction of sp³-hybridized carbons (Fsp3) is 0.125. The number of hydrogen-bond donors (Lipinski definition) is 3. The molecular formula is C24H19IN2O5. The zero-order valence-electron chi connectivity index (χ0n) is 16.8. The number of fused-ring (bicyclic) bond motifs is 3. The summed E-state index contributed by atoms with van der Waals surface area (Å²) in [6, 6.07) is 20.5. The molecule has 3 N–H and O–H groups in total. The van der Waals surface area contributed by atoms with Crippen LogP contribution in [-0.4, -0.2) is 36.2 Å². The first-order chi connectivity index (χ1) is 15.4. The first-order valence-electron chi connectivity index (χ1n) is 9.85. The smallest absolute Gasteiger partial charge is 0.407 e. The van der Waals surface area contributed by atoms with Gasteiger partial charge in [-0.2, -0.15) is 0 Å². The number of carboxylic acids is 1. The van der Waals surface area contributed by atoms with Crippen molar-refractivity contribution in [1.82, 2.24) is 5.32 Å². The lowest BCUT2D eigenvalue weighted by molar-refractivity contribution is -0.115. The molecule has 1 aliphatic carbocycles.